The van der Waals surface area contributed by atoms with Crippen molar-refractivity contribution in [3.05, 3.63) is 307 Å². The molecule has 0 aliphatic heterocycles. The standard InChI is InChI=1S/C73H47N3/c1-5-20-48(21-6-1)50-36-40-54(41-37-50)74(52-24-9-3-10-25-52)56-44-45-61-65(46-56)73(63-33-16-13-28-57(63)58-29-14-17-34-64(58)73)66-47-68(70-62-32-19-31-60-59-30-15-18-35-67(59)76(71(60)62)72(70)69(61)66)75(53-26-11-4-12-27-53)55-42-38-51(39-43-55)49-22-7-2-8-23-49/h1-47H. The molecule has 1 spiro atoms. The first-order chi connectivity index (χ1) is 37.7. The lowest BCUT2D eigenvalue weighted by atomic mass is 9.70. The maximum Gasteiger partial charge on any atom is 0.0727 e. The van der Waals surface area contributed by atoms with Gasteiger partial charge in [-0.1, -0.05) is 212 Å². The number of aromatic nitrogens is 1. The number of nitrogens with zero attached hydrogens (tertiary/aromatic N) is 3. The molecule has 2 heterocycles. The van der Waals surface area contributed by atoms with Gasteiger partial charge in [-0.2, -0.15) is 0 Å². The molecule has 16 rings (SSSR count). The lowest BCUT2D eigenvalue weighted by molar-refractivity contribution is 0.794. The van der Waals surface area contributed by atoms with Gasteiger partial charge >= 0.3 is 0 Å². The van der Waals surface area contributed by atoms with Crippen LogP contribution in [-0.4, -0.2) is 4.40 Å². The average molecular weight is 966 g/mol. The summed E-state index contributed by atoms with van der Waals surface area (Å²) in [6.45, 7) is 0. The lowest BCUT2D eigenvalue weighted by Gasteiger charge is -2.33. The van der Waals surface area contributed by atoms with Crippen molar-refractivity contribution in [2.24, 2.45) is 0 Å². The van der Waals surface area contributed by atoms with Crippen LogP contribution in [0.4, 0.5) is 34.1 Å². The van der Waals surface area contributed by atoms with Crippen molar-refractivity contribution >= 4 is 72.2 Å². The van der Waals surface area contributed by atoms with Crippen LogP contribution in [0.25, 0.3) is 82.6 Å². The number of benzene rings is 12. The summed E-state index contributed by atoms with van der Waals surface area (Å²) in [5, 5.41) is 5.00. The molecule has 14 aromatic rings. The van der Waals surface area contributed by atoms with Crippen molar-refractivity contribution in [2.45, 2.75) is 5.41 Å². The normalized spacial score (nSPS) is 12.8. The Labute approximate surface area is 441 Å². The van der Waals surface area contributed by atoms with E-state index in [9.17, 15) is 0 Å². The number of hydrogen-bond donors (Lipinski definition) is 0. The summed E-state index contributed by atoms with van der Waals surface area (Å²) >= 11 is 0. The van der Waals surface area contributed by atoms with Crippen molar-refractivity contribution in [2.75, 3.05) is 9.80 Å². The number of para-hydroxylation sites is 4. The number of fused-ring (bicyclic) bond motifs is 17. The summed E-state index contributed by atoms with van der Waals surface area (Å²) in [4.78, 5) is 4.95. The third kappa shape index (κ3) is 5.99. The number of rotatable bonds is 8. The quantitative estimate of drug-likeness (QED) is 0.150. The summed E-state index contributed by atoms with van der Waals surface area (Å²) in [5.41, 5.74) is 24.6. The highest BCUT2D eigenvalue weighted by atomic mass is 15.2. The Bertz CT molecular complexity index is 4500. The average Bonchev–Trinajstić information content (AvgIpc) is 4.27. The minimum Gasteiger partial charge on any atom is -0.310 e. The van der Waals surface area contributed by atoms with Crippen LogP contribution in [0.3, 0.4) is 0 Å². The van der Waals surface area contributed by atoms with Crippen molar-refractivity contribution < 1.29 is 0 Å². The van der Waals surface area contributed by atoms with Crippen LogP contribution in [0.1, 0.15) is 22.3 Å². The zero-order valence-electron chi connectivity index (χ0n) is 41.5. The van der Waals surface area contributed by atoms with E-state index in [2.05, 4.69) is 299 Å². The highest BCUT2D eigenvalue weighted by Gasteiger charge is 2.53. The van der Waals surface area contributed by atoms with Crippen molar-refractivity contribution in [3.8, 4) is 44.5 Å². The molecule has 0 saturated carbocycles. The predicted octanol–water partition coefficient (Wildman–Crippen LogP) is 19.5. The minimum absolute atomic E-state index is 0.687. The third-order valence-corrected chi connectivity index (χ3v) is 16.5. The molecule has 0 bridgehead atoms. The van der Waals surface area contributed by atoms with E-state index in [1.807, 2.05) is 0 Å². The van der Waals surface area contributed by atoms with Gasteiger partial charge in [0.05, 0.1) is 27.7 Å². The molecule has 3 nitrogen and oxygen atoms in total. The van der Waals surface area contributed by atoms with Gasteiger partial charge < -0.3 is 14.2 Å². The second kappa shape index (κ2) is 16.5. The molecule has 3 heteroatoms. The van der Waals surface area contributed by atoms with Gasteiger partial charge in [0.15, 0.2) is 0 Å². The number of anilines is 6. The summed E-state index contributed by atoms with van der Waals surface area (Å²) < 4.78 is 2.62. The number of hydrogen-bond acceptors (Lipinski definition) is 2. The van der Waals surface area contributed by atoms with Crippen molar-refractivity contribution in [1.82, 2.24) is 4.40 Å². The molecule has 0 saturated heterocycles. The van der Waals surface area contributed by atoms with Crippen LogP contribution in [0, 0.1) is 0 Å². The molecule has 2 aromatic heterocycles. The van der Waals surface area contributed by atoms with Gasteiger partial charge in [-0.05, 0) is 134 Å². The van der Waals surface area contributed by atoms with E-state index in [0.717, 1.165) is 34.1 Å². The molecule has 2 aliphatic carbocycles. The molecule has 12 aromatic carbocycles. The lowest BCUT2D eigenvalue weighted by Crippen LogP contribution is -2.26. The fourth-order valence-corrected chi connectivity index (χ4v) is 13.4. The highest BCUT2D eigenvalue weighted by molar-refractivity contribution is 6.29. The van der Waals surface area contributed by atoms with Crippen LogP contribution in [0.2, 0.25) is 0 Å². The predicted molar refractivity (Wildman–Crippen MR) is 318 cm³/mol. The zero-order valence-corrected chi connectivity index (χ0v) is 41.5. The maximum atomic E-state index is 2.62. The minimum atomic E-state index is -0.687. The summed E-state index contributed by atoms with van der Waals surface area (Å²) in [6.07, 6.45) is 0. The van der Waals surface area contributed by atoms with E-state index in [1.165, 1.54) is 105 Å². The van der Waals surface area contributed by atoms with Crippen LogP contribution >= 0.6 is 0 Å². The van der Waals surface area contributed by atoms with Gasteiger partial charge in [0, 0.05) is 55.5 Å². The fourth-order valence-electron chi connectivity index (χ4n) is 13.4. The monoisotopic (exact) mass is 965 g/mol. The molecule has 76 heavy (non-hydrogen) atoms. The van der Waals surface area contributed by atoms with E-state index in [4.69, 9.17) is 0 Å². The molecule has 0 fully saturated rings. The summed E-state index contributed by atoms with van der Waals surface area (Å²) in [6, 6.07) is 106. The molecule has 0 radical (unpaired) electrons. The Balaban J connectivity index is 1.04. The first kappa shape index (κ1) is 42.5. The first-order valence-corrected chi connectivity index (χ1v) is 26.3. The van der Waals surface area contributed by atoms with Crippen LogP contribution < -0.4 is 9.80 Å². The molecule has 2 aliphatic rings. The highest BCUT2D eigenvalue weighted by Crippen LogP contribution is 2.66. The van der Waals surface area contributed by atoms with E-state index in [-0.39, 0.29) is 0 Å². The zero-order chi connectivity index (χ0) is 49.9. The molecular weight excluding hydrogens is 919 g/mol. The molecule has 0 amide bonds. The molecular formula is C73H47N3. The molecule has 0 unspecified atom stereocenters. The Kier molecular flexibility index (Phi) is 9.25. The topological polar surface area (TPSA) is 10.9 Å². The van der Waals surface area contributed by atoms with Gasteiger partial charge in [0.25, 0.3) is 0 Å². The largest absolute Gasteiger partial charge is 0.310 e. The smallest absolute Gasteiger partial charge is 0.0727 e. The van der Waals surface area contributed by atoms with Gasteiger partial charge in [0.1, 0.15) is 0 Å². The Hall–Kier alpha value is -9.96. The Morgan fingerprint density at radius 1 is 0.276 bits per heavy atom. The Morgan fingerprint density at radius 3 is 1.36 bits per heavy atom. The summed E-state index contributed by atoms with van der Waals surface area (Å²) in [7, 11) is 0. The van der Waals surface area contributed by atoms with Crippen LogP contribution in [0.15, 0.2) is 285 Å². The van der Waals surface area contributed by atoms with Crippen molar-refractivity contribution in [1.29, 1.82) is 0 Å². The summed E-state index contributed by atoms with van der Waals surface area (Å²) in [5.74, 6) is 0. The van der Waals surface area contributed by atoms with Crippen LogP contribution in [-0.2, 0) is 5.41 Å². The van der Waals surface area contributed by atoms with Crippen LogP contribution in [0.5, 0.6) is 0 Å². The van der Waals surface area contributed by atoms with Crippen molar-refractivity contribution in [3.63, 3.8) is 0 Å². The van der Waals surface area contributed by atoms with Gasteiger partial charge in [0.2, 0.25) is 0 Å². The molecule has 0 atom stereocenters. The van der Waals surface area contributed by atoms with E-state index < -0.39 is 5.41 Å². The third-order valence-electron chi connectivity index (χ3n) is 16.5. The maximum absolute atomic E-state index is 2.62. The SMILES string of the molecule is c1ccc(-c2ccc(N(c3ccccc3)c3ccc4c(c3)C3(c5ccccc5-c5ccccc53)c3cc(N(c5ccccc5)c5ccc(-c6ccccc6)cc5)c5c6cccc7c8ccccc8n(c5c3-4)c76)cc2)cc1. The van der Waals surface area contributed by atoms with E-state index >= 15 is 0 Å². The molecule has 354 valence electrons. The molecule has 0 N–H and O–H groups in total. The second-order valence-corrected chi connectivity index (χ2v) is 20.3. The van der Waals surface area contributed by atoms with E-state index in [0.29, 0.717) is 0 Å². The second-order valence-electron chi connectivity index (χ2n) is 20.3. The first-order valence-electron chi connectivity index (χ1n) is 26.3. The van der Waals surface area contributed by atoms with E-state index in [1.54, 1.807) is 0 Å². The van der Waals surface area contributed by atoms with Gasteiger partial charge in [-0.25, -0.2) is 0 Å². The Morgan fingerprint density at radius 2 is 0.737 bits per heavy atom. The fraction of sp³-hybridized carbons (Fsp3) is 0.0137. The van der Waals surface area contributed by atoms with Gasteiger partial charge in [-0.3, -0.25) is 0 Å². The van der Waals surface area contributed by atoms with Gasteiger partial charge in [-0.15, -0.1) is 0 Å².